The van der Waals surface area contributed by atoms with Crippen LogP contribution in [0.3, 0.4) is 0 Å². The number of benzene rings is 1. The molecular weight excluding hydrogens is 270 g/mol. The zero-order chi connectivity index (χ0) is 13.9. The summed E-state index contributed by atoms with van der Waals surface area (Å²) in [7, 11) is 1.96. The van der Waals surface area contributed by atoms with Crippen LogP contribution in [0.4, 0.5) is 0 Å². The fourth-order valence-electron chi connectivity index (χ4n) is 2.48. The number of nitrogens with zero attached hydrogens (tertiary/aromatic N) is 2. The number of hydrogen-bond acceptors (Lipinski definition) is 2. The molecule has 2 heterocycles. The van der Waals surface area contributed by atoms with E-state index in [1.54, 1.807) is 12.4 Å². The number of nitrogens with one attached hydrogen (secondary N) is 1. The Hall–Kier alpha value is -1.84. The van der Waals surface area contributed by atoms with Crippen LogP contribution in [0.5, 0.6) is 0 Å². The molecule has 0 spiro atoms. The van der Waals surface area contributed by atoms with E-state index in [0.717, 1.165) is 18.7 Å². The quantitative estimate of drug-likeness (QED) is 0.796. The van der Waals surface area contributed by atoms with E-state index >= 15 is 0 Å². The van der Waals surface area contributed by atoms with Gasteiger partial charge in [-0.1, -0.05) is 29.8 Å². The van der Waals surface area contributed by atoms with E-state index < -0.39 is 0 Å². The maximum Gasteiger partial charge on any atom is 0.0639 e. The van der Waals surface area contributed by atoms with Crippen molar-refractivity contribution < 1.29 is 0 Å². The molecule has 0 fully saturated rings. The summed E-state index contributed by atoms with van der Waals surface area (Å²) in [6.07, 6.45) is 3.48. The molecule has 3 nitrogen and oxygen atoms in total. The van der Waals surface area contributed by atoms with Gasteiger partial charge in [-0.05, 0) is 36.2 Å². The molecule has 4 heteroatoms. The highest BCUT2D eigenvalue weighted by Crippen LogP contribution is 2.23. The van der Waals surface area contributed by atoms with E-state index in [1.807, 2.05) is 13.1 Å². The SMILES string of the molecule is CNCc1cc2ccccc2n1Cc1ccncc1Cl. The van der Waals surface area contributed by atoms with Crippen molar-refractivity contribution in [3.05, 3.63) is 65.1 Å². The Kier molecular flexibility index (Phi) is 3.72. The molecule has 20 heavy (non-hydrogen) atoms. The molecular formula is C16H16ClN3. The molecule has 2 aromatic heterocycles. The molecule has 0 radical (unpaired) electrons. The Labute approximate surface area is 123 Å². The third-order valence-electron chi connectivity index (χ3n) is 3.44. The van der Waals surface area contributed by atoms with Crippen molar-refractivity contribution >= 4 is 22.5 Å². The Morgan fingerprint density at radius 3 is 2.90 bits per heavy atom. The average Bonchev–Trinajstić information content (AvgIpc) is 2.80. The van der Waals surface area contributed by atoms with Crippen LogP contribution in [0.15, 0.2) is 48.8 Å². The van der Waals surface area contributed by atoms with Crippen molar-refractivity contribution in [2.24, 2.45) is 0 Å². The van der Waals surface area contributed by atoms with E-state index in [2.05, 4.69) is 45.2 Å². The van der Waals surface area contributed by atoms with Crippen LogP contribution in [0.25, 0.3) is 10.9 Å². The molecule has 0 saturated heterocycles. The first-order chi connectivity index (χ1) is 9.79. The molecule has 0 aliphatic heterocycles. The summed E-state index contributed by atoms with van der Waals surface area (Å²) in [5.41, 5.74) is 3.56. The summed E-state index contributed by atoms with van der Waals surface area (Å²) >= 11 is 6.23. The van der Waals surface area contributed by atoms with Gasteiger partial charge in [-0.2, -0.15) is 0 Å². The highest BCUT2D eigenvalue weighted by molar-refractivity contribution is 6.31. The minimum absolute atomic E-state index is 0.709. The lowest BCUT2D eigenvalue weighted by Gasteiger charge is -2.11. The second kappa shape index (κ2) is 5.65. The van der Waals surface area contributed by atoms with Crippen molar-refractivity contribution in [2.75, 3.05) is 7.05 Å². The molecule has 0 aliphatic carbocycles. The Balaban J connectivity index is 2.09. The number of para-hydroxylation sites is 1. The van der Waals surface area contributed by atoms with Crippen molar-refractivity contribution in [1.82, 2.24) is 14.9 Å². The van der Waals surface area contributed by atoms with Gasteiger partial charge in [-0.15, -0.1) is 0 Å². The van der Waals surface area contributed by atoms with Gasteiger partial charge in [-0.3, -0.25) is 4.98 Å². The highest BCUT2D eigenvalue weighted by Gasteiger charge is 2.09. The van der Waals surface area contributed by atoms with Gasteiger partial charge in [0.25, 0.3) is 0 Å². The largest absolute Gasteiger partial charge is 0.339 e. The topological polar surface area (TPSA) is 29.9 Å². The smallest absolute Gasteiger partial charge is 0.0639 e. The number of pyridine rings is 1. The van der Waals surface area contributed by atoms with Gasteiger partial charge in [0.2, 0.25) is 0 Å². The second-order valence-corrected chi connectivity index (χ2v) is 5.19. The maximum absolute atomic E-state index is 6.23. The fourth-order valence-corrected chi connectivity index (χ4v) is 2.66. The van der Waals surface area contributed by atoms with Crippen LogP contribution in [0.1, 0.15) is 11.3 Å². The maximum atomic E-state index is 6.23. The molecule has 0 amide bonds. The predicted octanol–water partition coefficient (Wildman–Crippen LogP) is 3.46. The average molecular weight is 286 g/mol. The molecule has 1 N–H and O–H groups in total. The van der Waals surface area contributed by atoms with Gasteiger partial charge >= 0.3 is 0 Å². The molecule has 0 aliphatic rings. The first kappa shape index (κ1) is 13.2. The molecule has 3 rings (SSSR count). The van der Waals surface area contributed by atoms with Crippen LogP contribution in [0, 0.1) is 0 Å². The molecule has 0 bridgehead atoms. The first-order valence-corrected chi connectivity index (χ1v) is 6.97. The summed E-state index contributed by atoms with van der Waals surface area (Å²) in [6.45, 7) is 1.59. The second-order valence-electron chi connectivity index (χ2n) is 4.78. The Morgan fingerprint density at radius 2 is 2.10 bits per heavy atom. The molecule has 3 aromatic rings. The van der Waals surface area contributed by atoms with Crippen LogP contribution in [0.2, 0.25) is 5.02 Å². The van der Waals surface area contributed by atoms with E-state index in [0.29, 0.717) is 5.02 Å². The normalized spacial score (nSPS) is 11.1. The van der Waals surface area contributed by atoms with Gasteiger partial charge in [0.05, 0.1) is 5.02 Å². The first-order valence-electron chi connectivity index (χ1n) is 6.59. The number of hydrogen-bond donors (Lipinski definition) is 1. The molecule has 0 atom stereocenters. The summed E-state index contributed by atoms with van der Waals surface area (Å²) < 4.78 is 2.30. The fraction of sp³-hybridized carbons (Fsp3) is 0.188. The van der Waals surface area contributed by atoms with Gasteiger partial charge in [0.1, 0.15) is 0 Å². The van der Waals surface area contributed by atoms with Crippen molar-refractivity contribution in [1.29, 1.82) is 0 Å². The number of rotatable bonds is 4. The van der Waals surface area contributed by atoms with E-state index in [4.69, 9.17) is 11.6 Å². The van der Waals surface area contributed by atoms with E-state index in [1.165, 1.54) is 16.6 Å². The molecule has 0 unspecified atom stereocenters. The van der Waals surface area contributed by atoms with Gasteiger partial charge < -0.3 is 9.88 Å². The minimum Gasteiger partial charge on any atom is -0.339 e. The molecule has 102 valence electrons. The van der Waals surface area contributed by atoms with E-state index in [9.17, 15) is 0 Å². The number of halogens is 1. The zero-order valence-corrected chi connectivity index (χ0v) is 12.1. The standard InChI is InChI=1S/C16H16ClN3/c1-18-9-14-8-12-4-2-3-5-16(12)20(14)11-13-6-7-19-10-15(13)17/h2-8,10,18H,9,11H2,1H3. The summed E-state index contributed by atoms with van der Waals surface area (Å²) in [6, 6.07) is 12.6. The van der Waals surface area contributed by atoms with Crippen LogP contribution in [-0.2, 0) is 13.1 Å². The predicted molar refractivity (Wildman–Crippen MR) is 83.1 cm³/mol. The van der Waals surface area contributed by atoms with Crippen LogP contribution in [-0.4, -0.2) is 16.6 Å². The minimum atomic E-state index is 0.709. The zero-order valence-electron chi connectivity index (χ0n) is 11.3. The third kappa shape index (κ3) is 2.42. The summed E-state index contributed by atoms with van der Waals surface area (Å²) in [5.74, 6) is 0. The summed E-state index contributed by atoms with van der Waals surface area (Å²) in [4.78, 5) is 4.04. The van der Waals surface area contributed by atoms with Crippen molar-refractivity contribution in [3.63, 3.8) is 0 Å². The summed E-state index contributed by atoms with van der Waals surface area (Å²) in [5, 5.41) is 5.18. The monoisotopic (exact) mass is 285 g/mol. The highest BCUT2D eigenvalue weighted by atomic mass is 35.5. The Morgan fingerprint density at radius 1 is 1.25 bits per heavy atom. The van der Waals surface area contributed by atoms with Gasteiger partial charge in [0, 0.05) is 36.7 Å². The Bertz CT molecular complexity index is 733. The van der Waals surface area contributed by atoms with E-state index in [-0.39, 0.29) is 0 Å². The van der Waals surface area contributed by atoms with Gasteiger partial charge in [0.15, 0.2) is 0 Å². The number of fused-ring (bicyclic) bond motifs is 1. The lowest BCUT2D eigenvalue weighted by molar-refractivity contribution is 0.708. The lowest BCUT2D eigenvalue weighted by Crippen LogP contribution is -2.12. The van der Waals surface area contributed by atoms with Crippen molar-refractivity contribution in [2.45, 2.75) is 13.1 Å². The van der Waals surface area contributed by atoms with Crippen LogP contribution < -0.4 is 5.32 Å². The number of aromatic nitrogens is 2. The lowest BCUT2D eigenvalue weighted by atomic mass is 10.2. The molecule has 0 saturated carbocycles. The molecule has 1 aromatic carbocycles. The third-order valence-corrected chi connectivity index (χ3v) is 3.78. The van der Waals surface area contributed by atoms with Gasteiger partial charge in [-0.25, -0.2) is 0 Å². The van der Waals surface area contributed by atoms with Crippen LogP contribution >= 0.6 is 11.6 Å². The van der Waals surface area contributed by atoms with Crippen molar-refractivity contribution in [3.8, 4) is 0 Å².